The molecule has 6 rings (SSSR count). The maximum atomic E-state index is 14.0. The van der Waals surface area contributed by atoms with Crippen molar-refractivity contribution in [2.24, 2.45) is 5.92 Å². The van der Waals surface area contributed by atoms with Crippen LogP contribution in [-0.4, -0.2) is 43.4 Å². The number of aromatic carboxylic acids is 1. The highest BCUT2D eigenvalue weighted by molar-refractivity contribution is 8.13. The van der Waals surface area contributed by atoms with Crippen LogP contribution in [0.25, 0.3) is 22.2 Å². The van der Waals surface area contributed by atoms with Crippen molar-refractivity contribution in [2.45, 2.75) is 77.8 Å². The molecule has 1 atom stereocenters. The second kappa shape index (κ2) is 16.3. The molecule has 0 aliphatic heterocycles. The third kappa shape index (κ3) is 8.36. The number of aryl methyl sites for hydroxylation is 2. The smallest absolute Gasteiger partial charge is 0.336 e. The maximum absolute atomic E-state index is 14.0. The lowest BCUT2D eigenvalue weighted by molar-refractivity contribution is -0.115. The molecule has 0 spiro atoms. The molecule has 1 saturated carbocycles. The molecule has 1 aliphatic carbocycles. The van der Waals surface area contributed by atoms with Crippen LogP contribution in [0.4, 0.5) is 0 Å². The Morgan fingerprint density at radius 2 is 1.64 bits per heavy atom. The number of aromatic nitrogens is 2. The maximum Gasteiger partial charge on any atom is 0.336 e. The Morgan fingerprint density at radius 1 is 0.920 bits per heavy atom. The van der Waals surface area contributed by atoms with Gasteiger partial charge in [-0.1, -0.05) is 111 Å². The molecule has 50 heavy (non-hydrogen) atoms. The van der Waals surface area contributed by atoms with Crippen LogP contribution >= 0.6 is 11.8 Å². The molecule has 5 aromatic rings. The van der Waals surface area contributed by atoms with E-state index in [0.29, 0.717) is 29.8 Å². The molecule has 0 radical (unpaired) electrons. The summed E-state index contributed by atoms with van der Waals surface area (Å²) in [5, 5.41) is 13.2. The molecule has 1 aliphatic rings. The van der Waals surface area contributed by atoms with Gasteiger partial charge in [0.1, 0.15) is 5.82 Å². The highest BCUT2D eigenvalue weighted by Gasteiger charge is 2.24. The lowest BCUT2D eigenvalue weighted by Crippen LogP contribution is -2.39. The second-order valence-electron chi connectivity index (χ2n) is 13.4. The van der Waals surface area contributed by atoms with Gasteiger partial charge >= 0.3 is 5.97 Å². The van der Waals surface area contributed by atoms with Gasteiger partial charge in [0.05, 0.1) is 16.6 Å². The van der Waals surface area contributed by atoms with Crippen molar-refractivity contribution >= 4 is 39.8 Å². The van der Waals surface area contributed by atoms with Crippen LogP contribution in [0.1, 0.15) is 88.7 Å². The van der Waals surface area contributed by atoms with Gasteiger partial charge in [-0.2, -0.15) is 0 Å². The minimum Gasteiger partial charge on any atom is -0.478 e. The second-order valence-corrected chi connectivity index (χ2v) is 14.4. The summed E-state index contributed by atoms with van der Waals surface area (Å²) in [5.74, 6) is 0.507. The van der Waals surface area contributed by atoms with E-state index in [2.05, 4.69) is 28.9 Å². The Morgan fingerprint density at radius 3 is 2.36 bits per heavy atom. The number of nitrogens with zero attached hydrogens (tertiary/aromatic N) is 2. The molecular weight excluding hydrogens is 643 g/mol. The van der Waals surface area contributed by atoms with Crippen molar-refractivity contribution in [1.82, 2.24) is 14.9 Å². The van der Waals surface area contributed by atoms with Gasteiger partial charge < -0.3 is 15.0 Å². The number of rotatable bonds is 13. The van der Waals surface area contributed by atoms with Gasteiger partial charge in [0, 0.05) is 36.2 Å². The van der Waals surface area contributed by atoms with E-state index in [1.54, 1.807) is 12.1 Å². The van der Waals surface area contributed by atoms with Gasteiger partial charge in [-0.3, -0.25) is 9.59 Å². The minimum absolute atomic E-state index is 0.126. The lowest BCUT2D eigenvalue weighted by Gasteiger charge is -2.22. The number of carbonyl (C=O) groups excluding carboxylic acids is 2. The Hall–Kier alpha value is -4.69. The van der Waals surface area contributed by atoms with Crippen LogP contribution in [-0.2, 0) is 24.2 Å². The first-order valence-corrected chi connectivity index (χ1v) is 18.7. The topological polar surface area (TPSA) is 101 Å². The van der Waals surface area contributed by atoms with E-state index >= 15 is 0 Å². The van der Waals surface area contributed by atoms with E-state index in [4.69, 9.17) is 4.98 Å². The molecule has 7 nitrogen and oxygen atoms in total. The number of fused-ring (bicyclic) bond motifs is 1. The molecule has 4 aromatic carbocycles. The average molecular weight is 688 g/mol. The number of imidazole rings is 1. The van der Waals surface area contributed by atoms with Crippen molar-refractivity contribution in [3.63, 3.8) is 0 Å². The van der Waals surface area contributed by atoms with Crippen LogP contribution in [0.15, 0.2) is 91.0 Å². The summed E-state index contributed by atoms with van der Waals surface area (Å²) in [7, 11) is 0. The molecule has 1 aromatic heterocycles. The Bertz CT molecular complexity index is 1960. The lowest BCUT2D eigenvalue weighted by atomic mass is 9.90. The molecule has 1 fully saturated rings. The SMILES string of the molecule is CCCc1nc2c(C)cc(C(=O)N[C@@H](CSC(=O)C3CCCCC3)Cc3ccccc3)cc2n1Cc1ccc(-c2ccccc2C(=O)O)cc1. The first kappa shape index (κ1) is 35.1. The van der Waals surface area contributed by atoms with E-state index < -0.39 is 5.97 Å². The van der Waals surface area contributed by atoms with Crippen molar-refractivity contribution in [3.05, 3.63) is 125 Å². The fourth-order valence-electron chi connectivity index (χ4n) is 7.01. The van der Waals surface area contributed by atoms with Crippen molar-refractivity contribution in [3.8, 4) is 11.1 Å². The van der Waals surface area contributed by atoms with E-state index in [9.17, 15) is 19.5 Å². The van der Waals surface area contributed by atoms with Gasteiger partial charge in [-0.05, 0) is 78.6 Å². The normalized spacial score (nSPS) is 14.0. The van der Waals surface area contributed by atoms with Crippen molar-refractivity contribution < 1.29 is 19.5 Å². The largest absolute Gasteiger partial charge is 0.478 e. The van der Waals surface area contributed by atoms with Gasteiger partial charge in [0.15, 0.2) is 5.12 Å². The summed E-state index contributed by atoms with van der Waals surface area (Å²) in [6.07, 6.45) is 7.75. The summed E-state index contributed by atoms with van der Waals surface area (Å²) in [5.41, 5.74) is 7.25. The van der Waals surface area contributed by atoms with Gasteiger partial charge in [-0.15, -0.1) is 0 Å². The standard InChI is InChI=1S/C42H45N3O4S/c1-3-12-38-44-39-28(2)23-33(25-37(39)45(38)26-30-19-21-31(22-20-30)35-17-10-11-18-36(35)41(47)48)40(46)43-34(24-29-13-6-4-7-14-29)27-50-42(49)32-15-8-5-9-16-32/h4,6-7,10-11,13-14,17-23,25,32,34H,3,5,8-9,12,15-16,24,26-27H2,1-2H3,(H,43,46)(H,47,48)/t34-/m1/s1. The van der Waals surface area contributed by atoms with Gasteiger partial charge in [0.2, 0.25) is 0 Å². The Kier molecular flexibility index (Phi) is 11.5. The molecule has 8 heteroatoms. The molecule has 258 valence electrons. The number of carboxylic acids is 1. The predicted octanol–water partition coefficient (Wildman–Crippen LogP) is 8.89. The van der Waals surface area contributed by atoms with Crippen LogP contribution in [0.3, 0.4) is 0 Å². The molecule has 2 N–H and O–H groups in total. The zero-order chi connectivity index (χ0) is 35.0. The Balaban J connectivity index is 1.25. The van der Waals surface area contributed by atoms with Gasteiger partial charge in [-0.25, -0.2) is 9.78 Å². The van der Waals surface area contributed by atoms with E-state index in [1.165, 1.54) is 18.2 Å². The summed E-state index contributed by atoms with van der Waals surface area (Å²) in [6.45, 7) is 4.70. The average Bonchev–Trinajstić information content (AvgIpc) is 3.48. The molecule has 0 unspecified atom stereocenters. The zero-order valence-electron chi connectivity index (χ0n) is 28.9. The zero-order valence-corrected chi connectivity index (χ0v) is 29.7. The minimum atomic E-state index is -0.952. The number of thioether (sulfide) groups is 1. The Labute approximate surface area is 298 Å². The number of carboxylic acid groups (broad SMARTS) is 1. The van der Waals surface area contributed by atoms with Crippen LogP contribution < -0.4 is 5.32 Å². The van der Waals surface area contributed by atoms with Crippen LogP contribution in [0, 0.1) is 12.8 Å². The van der Waals surface area contributed by atoms with Gasteiger partial charge in [0.25, 0.3) is 5.91 Å². The molecular formula is C42H45N3O4S. The van der Waals surface area contributed by atoms with Crippen LogP contribution in [0.2, 0.25) is 0 Å². The molecule has 1 amide bonds. The summed E-state index contributed by atoms with van der Waals surface area (Å²) < 4.78 is 2.20. The fraction of sp³-hybridized carbons (Fsp3) is 0.333. The summed E-state index contributed by atoms with van der Waals surface area (Å²) in [4.78, 5) is 43.9. The highest BCUT2D eigenvalue weighted by Crippen LogP contribution is 2.30. The van der Waals surface area contributed by atoms with E-state index in [-0.39, 0.29) is 28.5 Å². The third-order valence-electron chi connectivity index (χ3n) is 9.65. The predicted molar refractivity (Wildman–Crippen MR) is 202 cm³/mol. The molecule has 1 heterocycles. The number of hydrogen-bond acceptors (Lipinski definition) is 5. The summed E-state index contributed by atoms with van der Waals surface area (Å²) in [6, 6.07) is 28.8. The third-order valence-corrected chi connectivity index (χ3v) is 10.8. The summed E-state index contributed by atoms with van der Waals surface area (Å²) >= 11 is 1.37. The highest BCUT2D eigenvalue weighted by atomic mass is 32.2. The van der Waals surface area contributed by atoms with E-state index in [0.717, 1.165) is 77.6 Å². The quantitative estimate of drug-likeness (QED) is 0.128. The number of benzene rings is 4. The van der Waals surface area contributed by atoms with Crippen molar-refractivity contribution in [2.75, 3.05) is 5.75 Å². The fourth-order valence-corrected chi connectivity index (χ4v) is 8.05. The monoisotopic (exact) mass is 687 g/mol. The first-order chi connectivity index (χ1) is 24.3. The van der Waals surface area contributed by atoms with E-state index in [1.807, 2.05) is 73.7 Å². The molecule has 0 saturated heterocycles. The van der Waals surface area contributed by atoms with Crippen LogP contribution in [0.5, 0.6) is 0 Å². The number of amides is 1. The number of nitrogens with one attached hydrogen (secondary N) is 1. The first-order valence-electron chi connectivity index (χ1n) is 17.7. The number of carbonyl (C=O) groups is 3. The number of hydrogen-bond donors (Lipinski definition) is 2. The van der Waals surface area contributed by atoms with Crippen molar-refractivity contribution in [1.29, 1.82) is 0 Å². The molecule has 0 bridgehead atoms.